The third-order valence-electron chi connectivity index (χ3n) is 5.02. The Kier molecular flexibility index (Phi) is 5.08. The summed E-state index contributed by atoms with van der Waals surface area (Å²) in [6.45, 7) is 3.23. The number of non-ortho nitro benzene ring substituents is 1. The van der Waals surface area contributed by atoms with Crippen molar-refractivity contribution in [1.29, 1.82) is 0 Å². The normalized spacial score (nSPS) is 14.1. The molecule has 0 radical (unpaired) electrons. The van der Waals surface area contributed by atoms with Crippen LogP contribution in [-0.4, -0.2) is 41.1 Å². The van der Waals surface area contributed by atoms with Crippen LogP contribution >= 0.6 is 12.2 Å². The summed E-state index contributed by atoms with van der Waals surface area (Å²) in [6, 6.07) is 21.1. The summed E-state index contributed by atoms with van der Waals surface area (Å²) in [7, 11) is 0. The van der Waals surface area contributed by atoms with Gasteiger partial charge < -0.3 is 15.1 Å². The predicted molar refractivity (Wildman–Crippen MR) is 117 cm³/mol. The maximum atomic E-state index is 10.8. The van der Waals surface area contributed by atoms with Gasteiger partial charge in [0.1, 0.15) is 0 Å². The Hall–Kier alpha value is -3.19. The monoisotopic (exact) mass is 392 g/mol. The lowest BCUT2D eigenvalue weighted by molar-refractivity contribution is -0.384. The van der Waals surface area contributed by atoms with Crippen LogP contribution in [0, 0.1) is 10.1 Å². The second kappa shape index (κ2) is 7.82. The van der Waals surface area contributed by atoms with Crippen molar-refractivity contribution in [3.05, 3.63) is 76.8 Å². The number of nitro benzene ring substituents is 1. The van der Waals surface area contributed by atoms with E-state index in [1.54, 1.807) is 24.3 Å². The fourth-order valence-corrected chi connectivity index (χ4v) is 3.77. The Labute approximate surface area is 168 Å². The van der Waals surface area contributed by atoms with Gasteiger partial charge in [-0.2, -0.15) is 0 Å². The van der Waals surface area contributed by atoms with Crippen LogP contribution in [-0.2, 0) is 0 Å². The first kappa shape index (κ1) is 18.2. The second-order valence-corrected chi connectivity index (χ2v) is 7.09. The summed E-state index contributed by atoms with van der Waals surface area (Å²) in [5.74, 6) is 0. The minimum Gasteiger partial charge on any atom is -0.368 e. The molecule has 142 valence electrons. The molecule has 0 spiro atoms. The Morgan fingerprint density at radius 2 is 1.61 bits per heavy atom. The molecule has 0 aliphatic carbocycles. The summed E-state index contributed by atoms with van der Waals surface area (Å²) in [6.07, 6.45) is 0. The summed E-state index contributed by atoms with van der Waals surface area (Å²) < 4.78 is 0. The topological polar surface area (TPSA) is 61.7 Å². The fourth-order valence-electron chi connectivity index (χ4n) is 3.48. The standard InChI is InChI=1S/C21H20N4O2S/c26-25(27)18-10-8-17(9-11-18)23-12-14-24(15-13-23)21(28)22-20-7-3-5-16-4-1-2-6-19(16)20/h1-11H,12-15H2,(H,22,28). The molecule has 0 amide bonds. The number of piperazine rings is 1. The summed E-state index contributed by atoms with van der Waals surface area (Å²) in [4.78, 5) is 14.8. The molecule has 0 bridgehead atoms. The number of nitrogens with one attached hydrogen (secondary N) is 1. The van der Waals surface area contributed by atoms with Crippen molar-refractivity contribution in [2.75, 3.05) is 36.4 Å². The van der Waals surface area contributed by atoms with Gasteiger partial charge in [-0.05, 0) is 35.8 Å². The van der Waals surface area contributed by atoms with E-state index in [2.05, 4.69) is 33.3 Å². The molecule has 3 aromatic rings. The molecule has 1 saturated heterocycles. The molecular weight excluding hydrogens is 372 g/mol. The van der Waals surface area contributed by atoms with Crippen molar-refractivity contribution in [3.8, 4) is 0 Å². The Bertz CT molecular complexity index is 1010. The van der Waals surface area contributed by atoms with Crippen molar-refractivity contribution in [2.45, 2.75) is 0 Å². The van der Waals surface area contributed by atoms with E-state index in [1.165, 1.54) is 5.39 Å². The Morgan fingerprint density at radius 3 is 2.32 bits per heavy atom. The van der Waals surface area contributed by atoms with Crippen molar-refractivity contribution in [1.82, 2.24) is 4.90 Å². The van der Waals surface area contributed by atoms with Gasteiger partial charge >= 0.3 is 0 Å². The van der Waals surface area contributed by atoms with Crippen LogP contribution in [0.25, 0.3) is 10.8 Å². The molecule has 1 fully saturated rings. The molecule has 4 rings (SSSR count). The smallest absolute Gasteiger partial charge is 0.269 e. The highest BCUT2D eigenvalue weighted by molar-refractivity contribution is 7.80. The van der Waals surface area contributed by atoms with Gasteiger partial charge in [0, 0.05) is 55.1 Å². The van der Waals surface area contributed by atoms with E-state index < -0.39 is 0 Å². The maximum Gasteiger partial charge on any atom is 0.269 e. The lowest BCUT2D eigenvalue weighted by Crippen LogP contribution is -2.50. The first-order valence-corrected chi connectivity index (χ1v) is 9.56. The summed E-state index contributed by atoms with van der Waals surface area (Å²) >= 11 is 5.64. The van der Waals surface area contributed by atoms with E-state index in [-0.39, 0.29) is 10.6 Å². The van der Waals surface area contributed by atoms with Crippen molar-refractivity contribution in [2.24, 2.45) is 0 Å². The lowest BCUT2D eigenvalue weighted by Gasteiger charge is -2.37. The van der Waals surface area contributed by atoms with Gasteiger partial charge in [-0.25, -0.2) is 0 Å². The van der Waals surface area contributed by atoms with Gasteiger partial charge in [-0.15, -0.1) is 0 Å². The molecule has 1 aliphatic rings. The highest BCUT2D eigenvalue weighted by Gasteiger charge is 2.20. The van der Waals surface area contributed by atoms with Crippen molar-refractivity contribution >= 4 is 45.2 Å². The van der Waals surface area contributed by atoms with Crippen LogP contribution in [0.15, 0.2) is 66.7 Å². The van der Waals surface area contributed by atoms with Crippen LogP contribution in [0.1, 0.15) is 0 Å². The minimum atomic E-state index is -0.376. The van der Waals surface area contributed by atoms with Gasteiger partial charge in [0.2, 0.25) is 0 Å². The number of hydrogen-bond acceptors (Lipinski definition) is 4. The van der Waals surface area contributed by atoms with Gasteiger partial charge in [-0.3, -0.25) is 10.1 Å². The first-order chi connectivity index (χ1) is 13.6. The summed E-state index contributed by atoms with van der Waals surface area (Å²) in [5.41, 5.74) is 2.13. The number of anilines is 2. The van der Waals surface area contributed by atoms with Gasteiger partial charge in [0.15, 0.2) is 5.11 Å². The van der Waals surface area contributed by atoms with E-state index in [1.807, 2.05) is 24.3 Å². The molecule has 1 aliphatic heterocycles. The molecule has 0 aromatic heterocycles. The number of rotatable bonds is 3. The van der Waals surface area contributed by atoms with E-state index in [4.69, 9.17) is 12.2 Å². The van der Waals surface area contributed by atoms with E-state index in [0.29, 0.717) is 0 Å². The second-order valence-electron chi connectivity index (χ2n) is 6.70. The quantitative estimate of drug-likeness (QED) is 0.408. The zero-order chi connectivity index (χ0) is 19.5. The van der Waals surface area contributed by atoms with Gasteiger partial charge in [0.05, 0.1) is 4.92 Å². The third kappa shape index (κ3) is 3.75. The van der Waals surface area contributed by atoms with Crippen LogP contribution in [0.2, 0.25) is 0 Å². The van der Waals surface area contributed by atoms with Gasteiger partial charge in [-0.1, -0.05) is 36.4 Å². The molecule has 0 saturated carbocycles. The molecule has 7 heteroatoms. The number of hydrogen-bond donors (Lipinski definition) is 1. The number of benzene rings is 3. The molecular formula is C21H20N4O2S. The predicted octanol–water partition coefficient (Wildman–Crippen LogP) is 4.27. The minimum absolute atomic E-state index is 0.114. The Balaban J connectivity index is 1.39. The first-order valence-electron chi connectivity index (χ1n) is 9.15. The van der Waals surface area contributed by atoms with Crippen molar-refractivity contribution in [3.63, 3.8) is 0 Å². The Morgan fingerprint density at radius 1 is 0.929 bits per heavy atom. The van der Waals surface area contributed by atoms with Crippen LogP contribution in [0.5, 0.6) is 0 Å². The zero-order valence-electron chi connectivity index (χ0n) is 15.2. The number of nitrogens with zero attached hydrogens (tertiary/aromatic N) is 3. The molecule has 0 atom stereocenters. The fraction of sp³-hybridized carbons (Fsp3) is 0.190. The largest absolute Gasteiger partial charge is 0.368 e. The summed E-state index contributed by atoms with van der Waals surface area (Å²) in [5, 5.41) is 17.2. The van der Waals surface area contributed by atoms with E-state index in [0.717, 1.165) is 48.1 Å². The SMILES string of the molecule is O=[N+]([O-])c1ccc(N2CCN(C(=S)Nc3cccc4ccccc34)CC2)cc1. The molecule has 28 heavy (non-hydrogen) atoms. The van der Waals surface area contributed by atoms with E-state index in [9.17, 15) is 10.1 Å². The average molecular weight is 392 g/mol. The molecule has 1 N–H and O–H groups in total. The molecule has 0 unspecified atom stereocenters. The van der Waals surface area contributed by atoms with Gasteiger partial charge in [0.25, 0.3) is 5.69 Å². The van der Waals surface area contributed by atoms with Crippen LogP contribution < -0.4 is 10.2 Å². The van der Waals surface area contributed by atoms with Crippen LogP contribution in [0.4, 0.5) is 17.1 Å². The van der Waals surface area contributed by atoms with Crippen molar-refractivity contribution < 1.29 is 4.92 Å². The highest BCUT2D eigenvalue weighted by atomic mass is 32.1. The molecule has 1 heterocycles. The average Bonchev–Trinajstić information content (AvgIpc) is 2.74. The molecule has 6 nitrogen and oxygen atoms in total. The number of nitro groups is 1. The zero-order valence-corrected chi connectivity index (χ0v) is 16.1. The molecule has 3 aromatic carbocycles. The third-order valence-corrected chi connectivity index (χ3v) is 5.38. The van der Waals surface area contributed by atoms with E-state index >= 15 is 0 Å². The van der Waals surface area contributed by atoms with Crippen LogP contribution in [0.3, 0.4) is 0 Å². The maximum absolute atomic E-state index is 10.8. The highest BCUT2D eigenvalue weighted by Crippen LogP contribution is 2.24. The number of fused-ring (bicyclic) bond motifs is 1. The number of thiocarbonyl (C=S) groups is 1. The lowest BCUT2D eigenvalue weighted by atomic mass is 10.1.